The van der Waals surface area contributed by atoms with E-state index in [0.29, 0.717) is 17.4 Å². The molecule has 1 aromatic carbocycles. The molecule has 3 N–H and O–H groups in total. The molecule has 5 nitrogen and oxygen atoms in total. The van der Waals surface area contributed by atoms with E-state index in [2.05, 4.69) is 27.7 Å². The number of anilines is 2. The highest BCUT2D eigenvalue weighted by molar-refractivity contribution is 7.09. The average molecular weight is 338 g/mol. The second-order valence-corrected chi connectivity index (χ2v) is 7.30. The highest BCUT2D eigenvalue weighted by atomic mass is 32.1. The zero-order chi connectivity index (χ0) is 16.8. The second kappa shape index (κ2) is 5.56. The number of hydrogen-bond donors (Lipinski definition) is 2. The van der Waals surface area contributed by atoms with Crippen LogP contribution in [0.1, 0.15) is 18.9 Å². The minimum atomic E-state index is 0.0526. The van der Waals surface area contributed by atoms with Crippen molar-refractivity contribution in [3.8, 4) is 10.4 Å². The van der Waals surface area contributed by atoms with Gasteiger partial charge in [-0.05, 0) is 65.5 Å². The number of carbonyl (C=O) groups excluding carboxylic acids is 1. The molecule has 2 heterocycles. The van der Waals surface area contributed by atoms with Gasteiger partial charge in [-0.3, -0.25) is 4.79 Å². The van der Waals surface area contributed by atoms with Gasteiger partial charge in [0.2, 0.25) is 5.91 Å². The lowest BCUT2D eigenvalue weighted by molar-refractivity contribution is -0.117. The van der Waals surface area contributed by atoms with Crippen LogP contribution >= 0.6 is 11.5 Å². The lowest BCUT2D eigenvalue weighted by Gasteiger charge is -2.09. The number of amides is 1. The molecule has 0 unspecified atom stereocenters. The Morgan fingerprint density at radius 1 is 1.33 bits per heavy atom. The van der Waals surface area contributed by atoms with E-state index in [4.69, 9.17) is 5.73 Å². The van der Waals surface area contributed by atoms with Gasteiger partial charge in [-0.15, -0.1) is 0 Å². The maximum atomic E-state index is 12.1. The van der Waals surface area contributed by atoms with Crippen molar-refractivity contribution in [1.29, 1.82) is 0 Å². The summed E-state index contributed by atoms with van der Waals surface area (Å²) in [4.78, 5) is 17.5. The van der Waals surface area contributed by atoms with E-state index >= 15 is 0 Å². The van der Waals surface area contributed by atoms with Crippen LogP contribution in [0.5, 0.6) is 0 Å². The van der Waals surface area contributed by atoms with Gasteiger partial charge in [0.25, 0.3) is 0 Å². The molecule has 0 bridgehead atoms. The predicted octanol–water partition coefficient (Wildman–Crippen LogP) is 3.84. The molecule has 3 aromatic rings. The Bertz CT molecular complexity index is 949. The third-order valence-corrected chi connectivity index (χ3v) is 5.53. The first-order valence-electron chi connectivity index (χ1n) is 7.94. The smallest absolute Gasteiger partial charge is 0.228 e. The molecule has 2 atom stereocenters. The van der Waals surface area contributed by atoms with Crippen molar-refractivity contribution in [1.82, 2.24) is 9.36 Å². The second-order valence-electron chi connectivity index (χ2n) is 6.50. The van der Waals surface area contributed by atoms with Gasteiger partial charge in [-0.2, -0.15) is 0 Å². The quantitative estimate of drug-likeness (QED) is 0.711. The van der Waals surface area contributed by atoms with E-state index in [0.717, 1.165) is 33.2 Å². The van der Waals surface area contributed by atoms with Gasteiger partial charge in [0, 0.05) is 29.4 Å². The van der Waals surface area contributed by atoms with Crippen molar-refractivity contribution < 1.29 is 4.79 Å². The Kier molecular flexibility index (Phi) is 3.49. The van der Waals surface area contributed by atoms with E-state index < -0.39 is 0 Å². The molecule has 0 radical (unpaired) electrons. The number of nitrogens with two attached hydrogens (primary N) is 1. The molecule has 0 aliphatic heterocycles. The first-order valence-corrected chi connectivity index (χ1v) is 8.72. The Morgan fingerprint density at radius 2 is 2.12 bits per heavy atom. The van der Waals surface area contributed by atoms with E-state index in [-0.39, 0.29) is 11.8 Å². The summed E-state index contributed by atoms with van der Waals surface area (Å²) in [5, 5.41) is 4.76. The van der Waals surface area contributed by atoms with Crippen molar-refractivity contribution in [2.45, 2.75) is 20.3 Å². The third-order valence-electron chi connectivity index (χ3n) is 4.58. The molecule has 0 spiro atoms. The first-order chi connectivity index (χ1) is 11.5. The number of carbonyl (C=O) groups is 1. The molecule has 1 aliphatic rings. The van der Waals surface area contributed by atoms with Gasteiger partial charge in [-0.1, -0.05) is 6.92 Å². The van der Waals surface area contributed by atoms with Crippen LogP contribution in [0, 0.1) is 18.8 Å². The maximum absolute atomic E-state index is 12.1. The van der Waals surface area contributed by atoms with Crippen LogP contribution in [0.25, 0.3) is 21.2 Å². The number of pyridine rings is 1. The van der Waals surface area contributed by atoms with E-state index in [1.165, 1.54) is 11.5 Å². The SMILES string of the molecule is Cc1cnsc1-c1cc(N)c2cnc(NC(=O)[C@@H]3C[C@H]3C)cc2c1. The molecule has 0 saturated heterocycles. The molecular weight excluding hydrogens is 320 g/mol. The van der Waals surface area contributed by atoms with Gasteiger partial charge in [0.05, 0.1) is 4.88 Å². The summed E-state index contributed by atoms with van der Waals surface area (Å²) in [5.74, 6) is 1.22. The number of fused-ring (bicyclic) bond motifs is 1. The summed E-state index contributed by atoms with van der Waals surface area (Å²) in [6.45, 7) is 4.12. The lowest BCUT2D eigenvalue weighted by atomic mass is 10.0. The standard InChI is InChI=1S/C18H18N4OS/c1-9-3-13(9)18(23)22-16-6-11-4-12(17-10(2)7-21-24-17)5-15(19)14(11)8-20-16/h4-9,13H,3,19H2,1-2H3,(H,20,22,23)/t9-,13-/m1/s1. The van der Waals surface area contributed by atoms with Crippen LogP contribution in [0.2, 0.25) is 0 Å². The van der Waals surface area contributed by atoms with Gasteiger partial charge in [-0.25, -0.2) is 9.36 Å². The summed E-state index contributed by atoms with van der Waals surface area (Å²) in [6.07, 6.45) is 4.54. The first kappa shape index (κ1) is 15.1. The molecule has 4 rings (SSSR count). The van der Waals surface area contributed by atoms with Crippen LogP contribution in [-0.4, -0.2) is 15.3 Å². The van der Waals surface area contributed by atoms with Crippen molar-refractivity contribution in [2.75, 3.05) is 11.1 Å². The summed E-state index contributed by atoms with van der Waals surface area (Å²) >= 11 is 1.46. The molecule has 1 aliphatic carbocycles. The van der Waals surface area contributed by atoms with Crippen molar-refractivity contribution in [3.05, 3.63) is 36.2 Å². The zero-order valence-electron chi connectivity index (χ0n) is 13.5. The number of nitrogens with zero attached hydrogens (tertiary/aromatic N) is 2. The van der Waals surface area contributed by atoms with Crippen molar-refractivity contribution in [3.63, 3.8) is 0 Å². The summed E-state index contributed by atoms with van der Waals surface area (Å²) < 4.78 is 4.23. The van der Waals surface area contributed by atoms with Gasteiger partial charge >= 0.3 is 0 Å². The molecule has 1 fully saturated rings. The zero-order valence-corrected chi connectivity index (χ0v) is 14.4. The molecule has 1 saturated carbocycles. The normalized spacial score (nSPS) is 19.4. The third kappa shape index (κ3) is 2.63. The highest BCUT2D eigenvalue weighted by Gasteiger charge is 2.39. The maximum Gasteiger partial charge on any atom is 0.228 e. The summed E-state index contributed by atoms with van der Waals surface area (Å²) in [6, 6.07) is 5.91. The Hall–Kier alpha value is -2.47. The number of hydrogen-bond acceptors (Lipinski definition) is 5. The van der Waals surface area contributed by atoms with Crippen LogP contribution in [0.3, 0.4) is 0 Å². The van der Waals surface area contributed by atoms with Crippen LogP contribution in [0.4, 0.5) is 11.5 Å². The Balaban J connectivity index is 1.72. The predicted molar refractivity (Wildman–Crippen MR) is 97.9 cm³/mol. The van der Waals surface area contributed by atoms with E-state index in [1.54, 1.807) is 6.20 Å². The average Bonchev–Trinajstić information content (AvgIpc) is 3.12. The highest BCUT2D eigenvalue weighted by Crippen LogP contribution is 2.38. The minimum Gasteiger partial charge on any atom is -0.398 e. The van der Waals surface area contributed by atoms with Gasteiger partial charge in [0.1, 0.15) is 5.82 Å². The number of nitrogens with one attached hydrogen (secondary N) is 1. The summed E-state index contributed by atoms with van der Waals surface area (Å²) in [7, 11) is 0. The fourth-order valence-corrected chi connectivity index (χ4v) is 3.70. The molecule has 1 amide bonds. The Labute approximate surface area is 144 Å². The van der Waals surface area contributed by atoms with Crippen LogP contribution < -0.4 is 11.1 Å². The molecule has 122 valence electrons. The molecule has 6 heteroatoms. The number of nitrogen functional groups attached to an aromatic ring is 1. The minimum absolute atomic E-state index is 0.0526. The monoisotopic (exact) mass is 338 g/mol. The summed E-state index contributed by atoms with van der Waals surface area (Å²) in [5.41, 5.74) is 9.04. The largest absolute Gasteiger partial charge is 0.398 e. The van der Waals surface area contributed by atoms with Crippen LogP contribution in [-0.2, 0) is 4.79 Å². The van der Waals surface area contributed by atoms with Gasteiger partial charge < -0.3 is 11.1 Å². The van der Waals surface area contributed by atoms with Crippen molar-refractivity contribution >= 4 is 39.7 Å². The molecular formula is C18H18N4OS. The lowest BCUT2D eigenvalue weighted by Crippen LogP contribution is -2.15. The number of aryl methyl sites for hydroxylation is 1. The van der Waals surface area contributed by atoms with Crippen molar-refractivity contribution in [2.24, 2.45) is 11.8 Å². The fraction of sp³-hybridized carbons (Fsp3) is 0.278. The molecule has 24 heavy (non-hydrogen) atoms. The van der Waals surface area contributed by atoms with Gasteiger partial charge in [0.15, 0.2) is 0 Å². The van der Waals surface area contributed by atoms with E-state index in [1.807, 2.05) is 25.3 Å². The number of rotatable bonds is 3. The fourth-order valence-electron chi connectivity index (χ4n) is 2.96. The van der Waals surface area contributed by atoms with Crippen LogP contribution in [0.15, 0.2) is 30.6 Å². The Morgan fingerprint density at radius 3 is 2.79 bits per heavy atom. The topological polar surface area (TPSA) is 80.9 Å². The van der Waals surface area contributed by atoms with E-state index in [9.17, 15) is 4.79 Å². The number of benzene rings is 1. The molecule has 2 aromatic heterocycles. The number of aromatic nitrogens is 2.